The van der Waals surface area contributed by atoms with Crippen LogP contribution >= 0.6 is 0 Å². The van der Waals surface area contributed by atoms with Gasteiger partial charge in [0.25, 0.3) is 0 Å². The summed E-state index contributed by atoms with van der Waals surface area (Å²) < 4.78 is 5.47. The van der Waals surface area contributed by atoms with Crippen LogP contribution in [0.15, 0.2) is 42.5 Å². The van der Waals surface area contributed by atoms with E-state index < -0.39 is 11.7 Å². The second-order valence-electron chi connectivity index (χ2n) is 10.1. The Morgan fingerprint density at radius 3 is 2.32 bits per heavy atom. The number of nitrogens with one attached hydrogen (secondary N) is 2. The topological polar surface area (TPSA) is 80.3 Å². The molecule has 0 aliphatic heterocycles. The molecule has 180 valence electrons. The first kappa shape index (κ1) is 25.2. The average molecular weight is 462 g/mol. The van der Waals surface area contributed by atoms with Gasteiger partial charge in [-0.1, -0.05) is 43.7 Å². The van der Waals surface area contributed by atoms with E-state index >= 15 is 0 Å². The van der Waals surface area contributed by atoms with Crippen molar-refractivity contribution in [3.05, 3.63) is 59.3 Å². The Morgan fingerprint density at radius 2 is 1.74 bits per heavy atom. The van der Waals surface area contributed by atoms with Gasteiger partial charge in [0.05, 0.1) is 5.52 Å². The summed E-state index contributed by atoms with van der Waals surface area (Å²) in [5.41, 5.74) is 6.07. The van der Waals surface area contributed by atoms with Crippen molar-refractivity contribution in [2.75, 3.05) is 5.32 Å². The first-order valence-electron chi connectivity index (χ1n) is 11.7. The third kappa shape index (κ3) is 6.56. The van der Waals surface area contributed by atoms with Gasteiger partial charge in [0, 0.05) is 35.8 Å². The number of anilines is 1. The number of pyridine rings is 1. The van der Waals surface area contributed by atoms with Gasteiger partial charge in [-0.25, -0.2) is 4.79 Å². The molecule has 0 saturated heterocycles. The highest BCUT2D eigenvalue weighted by Gasteiger charge is 2.21. The summed E-state index contributed by atoms with van der Waals surface area (Å²) in [6, 6.07) is 14.1. The second-order valence-corrected chi connectivity index (χ2v) is 10.1. The number of amides is 2. The van der Waals surface area contributed by atoms with Crippen molar-refractivity contribution in [3.63, 3.8) is 0 Å². The lowest BCUT2D eigenvalue weighted by Gasteiger charge is -2.22. The molecule has 2 aromatic carbocycles. The van der Waals surface area contributed by atoms with Gasteiger partial charge in [-0.3, -0.25) is 9.78 Å². The SMILES string of the molecule is CC(=O)Nc1ccc2nc(CC(C)C)c(CNC(=O)OC(C)(C)C)c(-c3ccc(C)cc3)c2c1. The van der Waals surface area contributed by atoms with Crippen LogP contribution < -0.4 is 10.6 Å². The van der Waals surface area contributed by atoms with E-state index in [1.807, 2.05) is 39.0 Å². The number of alkyl carbamates (subject to hydrolysis) is 1. The molecule has 0 radical (unpaired) electrons. The van der Waals surface area contributed by atoms with Crippen LogP contribution in [0.4, 0.5) is 10.5 Å². The van der Waals surface area contributed by atoms with E-state index in [1.54, 1.807) is 0 Å². The summed E-state index contributed by atoms with van der Waals surface area (Å²) >= 11 is 0. The Kier molecular flexibility index (Phi) is 7.60. The first-order valence-corrected chi connectivity index (χ1v) is 11.7. The summed E-state index contributed by atoms with van der Waals surface area (Å²) in [6.07, 6.45) is 0.304. The Bertz CT molecular complexity index is 1190. The van der Waals surface area contributed by atoms with Crippen LogP contribution in [0.3, 0.4) is 0 Å². The number of hydrogen-bond donors (Lipinski definition) is 2. The Labute approximate surface area is 202 Å². The standard InChI is InChI=1S/C28H35N3O3/c1-17(2)14-25-23(16-29-27(33)34-28(5,6)7)26(20-10-8-18(3)9-11-20)22-15-21(30-19(4)32)12-13-24(22)31-25/h8-13,15,17H,14,16H2,1-7H3,(H,29,33)(H,30,32). The highest BCUT2D eigenvalue weighted by Crippen LogP contribution is 2.35. The lowest BCUT2D eigenvalue weighted by atomic mass is 9.91. The summed E-state index contributed by atoms with van der Waals surface area (Å²) in [5.74, 6) is 0.252. The number of benzene rings is 2. The van der Waals surface area contributed by atoms with Crippen LogP contribution in [0.5, 0.6) is 0 Å². The maximum absolute atomic E-state index is 12.5. The third-order valence-electron chi connectivity index (χ3n) is 5.24. The average Bonchev–Trinajstić information content (AvgIpc) is 2.71. The zero-order valence-electron chi connectivity index (χ0n) is 21.2. The number of rotatable bonds is 6. The molecule has 6 heteroatoms. The van der Waals surface area contributed by atoms with E-state index in [0.717, 1.165) is 45.3 Å². The number of fused-ring (bicyclic) bond motifs is 1. The van der Waals surface area contributed by atoms with Crippen molar-refractivity contribution in [2.24, 2.45) is 5.92 Å². The molecule has 0 unspecified atom stereocenters. The van der Waals surface area contributed by atoms with E-state index in [0.29, 0.717) is 11.6 Å². The van der Waals surface area contributed by atoms with Crippen LogP contribution in [0, 0.1) is 12.8 Å². The molecule has 0 spiro atoms. The van der Waals surface area contributed by atoms with Crippen molar-refractivity contribution in [1.82, 2.24) is 10.3 Å². The molecule has 34 heavy (non-hydrogen) atoms. The van der Waals surface area contributed by atoms with Gasteiger partial charge in [0.15, 0.2) is 0 Å². The molecule has 1 heterocycles. The third-order valence-corrected chi connectivity index (χ3v) is 5.24. The van der Waals surface area contributed by atoms with Crippen LogP contribution in [-0.2, 0) is 22.5 Å². The van der Waals surface area contributed by atoms with Crippen LogP contribution in [0.1, 0.15) is 58.4 Å². The van der Waals surface area contributed by atoms with E-state index in [1.165, 1.54) is 6.92 Å². The number of carbonyl (C=O) groups excluding carboxylic acids is 2. The predicted molar refractivity (Wildman–Crippen MR) is 138 cm³/mol. The quantitative estimate of drug-likeness (QED) is 0.446. The molecule has 6 nitrogen and oxygen atoms in total. The summed E-state index contributed by atoms with van der Waals surface area (Å²) in [6.45, 7) is 13.7. The van der Waals surface area contributed by atoms with Crippen molar-refractivity contribution >= 4 is 28.6 Å². The largest absolute Gasteiger partial charge is 0.444 e. The fourth-order valence-electron chi connectivity index (χ4n) is 3.91. The van der Waals surface area contributed by atoms with Gasteiger partial charge in [-0.15, -0.1) is 0 Å². The summed E-state index contributed by atoms with van der Waals surface area (Å²) in [5, 5.41) is 6.72. The van der Waals surface area contributed by atoms with Gasteiger partial charge >= 0.3 is 6.09 Å². The van der Waals surface area contributed by atoms with E-state index in [-0.39, 0.29) is 12.5 Å². The van der Waals surface area contributed by atoms with Crippen molar-refractivity contribution in [1.29, 1.82) is 0 Å². The molecular formula is C28H35N3O3. The first-order chi connectivity index (χ1) is 15.9. The Morgan fingerprint density at radius 1 is 1.06 bits per heavy atom. The molecule has 1 aromatic heterocycles. The highest BCUT2D eigenvalue weighted by atomic mass is 16.6. The molecule has 2 N–H and O–H groups in total. The summed E-state index contributed by atoms with van der Waals surface area (Å²) in [4.78, 5) is 29.2. The van der Waals surface area contributed by atoms with Gasteiger partial charge in [0.1, 0.15) is 5.60 Å². The molecule has 0 fully saturated rings. The molecule has 0 saturated carbocycles. The fraction of sp³-hybridized carbons (Fsp3) is 0.393. The fourth-order valence-corrected chi connectivity index (χ4v) is 3.91. The Hall–Kier alpha value is -3.41. The Balaban J connectivity index is 2.22. The number of aromatic nitrogens is 1. The van der Waals surface area contributed by atoms with Gasteiger partial charge < -0.3 is 15.4 Å². The zero-order chi connectivity index (χ0) is 25.0. The molecular weight excluding hydrogens is 426 g/mol. The van der Waals surface area contributed by atoms with Crippen molar-refractivity contribution in [2.45, 2.75) is 67.0 Å². The maximum Gasteiger partial charge on any atom is 0.407 e. The lowest BCUT2D eigenvalue weighted by molar-refractivity contribution is -0.114. The molecule has 3 rings (SSSR count). The number of carbonyl (C=O) groups is 2. The lowest BCUT2D eigenvalue weighted by Crippen LogP contribution is -2.32. The minimum absolute atomic E-state index is 0.132. The van der Waals surface area contributed by atoms with Crippen molar-refractivity contribution < 1.29 is 14.3 Å². The van der Waals surface area contributed by atoms with Gasteiger partial charge in [0.2, 0.25) is 5.91 Å². The normalized spacial score (nSPS) is 11.5. The molecule has 0 bridgehead atoms. The molecule has 0 aliphatic rings. The van der Waals surface area contributed by atoms with E-state index in [9.17, 15) is 9.59 Å². The smallest absolute Gasteiger partial charge is 0.407 e. The molecule has 0 atom stereocenters. The van der Waals surface area contributed by atoms with Gasteiger partial charge in [-0.05, 0) is 69.4 Å². The van der Waals surface area contributed by atoms with E-state index in [4.69, 9.17) is 9.72 Å². The zero-order valence-corrected chi connectivity index (χ0v) is 21.2. The molecule has 0 aliphatic carbocycles. The number of ether oxygens (including phenoxy) is 1. The highest BCUT2D eigenvalue weighted by molar-refractivity contribution is 6.00. The second kappa shape index (κ2) is 10.2. The maximum atomic E-state index is 12.5. The number of aryl methyl sites for hydroxylation is 1. The molecule has 3 aromatic rings. The van der Waals surface area contributed by atoms with Crippen molar-refractivity contribution in [3.8, 4) is 11.1 Å². The minimum atomic E-state index is -0.584. The monoisotopic (exact) mass is 461 g/mol. The van der Waals surface area contributed by atoms with Crippen LogP contribution in [-0.4, -0.2) is 22.6 Å². The van der Waals surface area contributed by atoms with E-state index in [2.05, 4.69) is 55.7 Å². The van der Waals surface area contributed by atoms with Crippen LogP contribution in [0.2, 0.25) is 0 Å². The molecule has 2 amide bonds. The number of nitrogens with zero attached hydrogens (tertiary/aromatic N) is 1. The number of hydrogen-bond acceptors (Lipinski definition) is 4. The summed E-state index contributed by atoms with van der Waals surface area (Å²) in [7, 11) is 0. The minimum Gasteiger partial charge on any atom is -0.444 e. The van der Waals surface area contributed by atoms with Crippen LogP contribution in [0.25, 0.3) is 22.0 Å². The predicted octanol–water partition coefficient (Wildman–Crippen LogP) is 6.39. The van der Waals surface area contributed by atoms with Gasteiger partial charge in [-0.2, -0.15) is 0 Å².